The highest BCUT2D eigenvalue weighted by Crippen LogP contribution is 2.36. The third-order valence-corrected chi connectivity index (χ3v) is 6.62. The Kier molecular flexibility index (Phi) is 7.38. The van der Waals surface area contributed by atoms with Crippen molar-refractivity contribution in [3.8, 4) is 11.6 Å². The largest absolute Gasteiger partial charge is 0.439 e. The van der Waals surface area contributed by atoms with Crippen molar-refractivity contribution in [1.82, 2.24) is 14.9 Å². The van der Waals surface area contributed by atoms with Crippen LogP contribution in [0, 0.1) is 0 Å². The van der Waals surface area contributed by atoms with Crippen LogP contribution in [-0.4, -0.2) is 46.4 Å². The Morgan fingerprint density at radius 2 is 1.79 bits per heavy atom. The van der Waals surface area contributed by atoms with E-state index in [2.05, 4.69) is 20.6 Å². The molecule has 0 saturated carbocycles. The van der Waals surface area contributed by atoms with Crippen molar-refractivity contribution >= 4 is 29.1 Å². The van der Waals surface area contributed by atoms with Crippen molar-refractivity contribution in [2.24, 2.45) is 0 Å². The Bertz CT molecular complexity index is 1390. The molecule has 1 saturated heterocycles. The van der Waals surface area contributed by atoms with E-state index in [4.69, 9.17) is 4.74 Å². The van der Waals surface area contributed by atoms with E-state index in [1.54, 1.807) is 18.2 Å². The number of amides is 3. The number of hydrogen-bond acceptors (Lipinski definition) is 6. The molecule has 0 unspecified atom stereocenters. The van der Waals surface area contributed by atoms with E-state index < -0.39 is 17.8 Å². The van der Waals surface area contributed by atoms with Crippen LogP contribution in [-0.2, 0) is 23.9 Å². The maximum absolute atomic E-state index is 13.8. The van der Waals surface area contributed by atoms with Gasteiger partial charge >= 0.3 is 12.2 Å². The zero-order valence-corrected chi connectivity index (χ0v) is 21.2. The first-order valence-electron chi connectivity index (χ1n) is 12.6. The Morgan fingerprint density at radius 3 is 2.54 bits per heavy atom. The van der Waals surface area contributed by atoms with Gasteiger partial charge in [0.05, 0.1) is 5.56 Å². The van der Waals surface area contributed by atoms with Crippen LogP contribution in [0.5, 0.6) is 11.6 Å². The van der Waals surface area contributed by atoms with E-state index in [9.17, 15) is 22.8 Å². The number of urea groups is 1. The molecular formula is C27H27F3N6O3. The average Bonchev–Trinajstić information content (AvgIpc) is 3.54. The van der Waals surface area contributed by atoms with Crippen LogP contribution in [0.2, 0.25) is 0 Å². The fraction of sp³-hybridized carbons (Fsp3) is 0.333. The summed E-state index contributed by atoms with van der Waals surface area (Å²) in [6.07, 6.45) is -0.743. The molecule has 2 aliphatic rings. The number of aromatic nitrogens is 2. The molecular weight excluding hydrogens is 513 g/mol. The second-order valence-electron chi connectivity index (χ2n) is 9.50. The number of benzene rings is 2. The number of anilines is 3. The molecule has 0 spiro atoms. The molecule has 39 heavy (non-hydrogen) atoms. The van der Waals surface area contributed by atoms with E-state index >= 15 is 0 Å². The van der Waals surface area contributed by atoms with Gasteiger partial charge in [-0.25, -0.2) is 14.8 Å². The van der Waals surface area contributed by atoms with Crippen molar-refractivity contribution in [1.29, 1.82) is 0 Å². The van der Waals surface area contributed by atoms with Crippen molar-refractivity contribution < 1.29 is 27.5 Å². The molecule has 3 amide bonds. The number of carbonyl (C=O) groups excluding carboxylic acids is 2. The maximum atomic E-state index is 13.8. The number of likely N-dealkylation sites (tertiary alicyclic amines) is 1. The topological polar surface area (TPSA) is 99.7 Å². The number of alkyl halides is 3. The second-order valence-corrected chi connectivity index (χ2v) is 9.50. The molecule has 204 valence electrons. The average molecular weight is 541 g/mol. The van der Waals surface area contributed by atoms with Gasteiger partial charge in [-0.1, -0.05) is 6.07 Å². The normalized spacial score (nSPS) is 15.2. The van der Waals surface area contributed by atoms with Crippen LogP contribution in [0.1, 0.15) is 36.5 Å². The Balaban J connectivity index is 1.28. The van der Waals surface area contributed by atoms with Crippen molar-refractivity contribution in [2.75, 3.05) is 35.2 Å². The summed E-state index contributed by atoms with van der Waals surface area (Å²) in [5, 5.41) is 5.18. The predicted octanol–water partition coefficient (Wildman–Crippen LogP) is 5.44. The van der Waals surface area contributed by atoms with Gasteiger partial charge in [-0.15, -0.1) is 0 Å². The molecule has 12 heteroatoms. The van der Waals surface area contributed by atoms with Gasteiger partial charge in [0.15, 0.2) is 0 Å². The molecule has 2 aromatic carbocycles. The van der Waals surface area contributed by atoms with Crippen LogP contribution in [0.15, 0.2) is 48.8 Å². The number of halogens is 3. The highest BCUT2D eigenvalue weighted by atomic mass is 19.4. The first-order chi connectivity index (χ1) is 18.7. The molecule has 0 atom stereocenters. The molecule has 2 N–H and O–H groups in total. The number of nitrogens with zero attached hydrogens (tertiary/aromatic N) is 4. The van der Waals surface area contributed by atoms with E-state index in [1.807, 2.05) is 4.90 Å². The number of hydrogen-bond donors (Lipinski definition) is 2. The maximum Gasteiger partial charge on any atom is 0.416 e. The van der Waals surface area contributed by atoms with Crippen molar-refractivity contribution in [3.63, 3.8) is 0 Å². The molecule has 2 aliphatic heterocycles. The summed E-state index contributed by atoms with van der Waals surface area (Å²) < 4.78 is 47.3. The summed E-state index contributed by atoms with van der Waals surface area (Å²) in [6, 6.07) is 10.1. The van der Waals surface area contributed by atoms with Gasteiger partial charge in [0.1, 0.15) is 17.9 Å². The van der Waals surface area contributed by atoms with Gasteiger partial charge in [-0.3, -0.25) is 14.6 Å². The summed E-state index contributed by atoms with van der Waals surface area (Å²) in [6.45, 7) is 3.54. The number of rotatable bonds is 6. The molecule has 3 heterocycles. The minimum absolute atomic E-state index is 0.0876. The SMILES string of the molecule is CC(=O)Nc1cc(Oc2ccc3c(c2)CCN3C(=O)Nc2ccc(CN3CCCC3)c(C(F)(F)F)c2)ncn1. The van der Waals surface area contributed by atoms with E-state index in [0.29, 0.717) is 30.2 Å². The fourth-order valence-electron chi connectivity index (χ4n) is 4.85. The van der Waals surface area contributed by atoms with Crippen LogP contribution < -0.4 is 20.3 Å². The standard InChI is InChI=1S/C27H27F3N6O3/c1-17(37)33-24-14-25(32-16-31-24)39-21-6-7-23-18(12-21)8-11-36(23)26(38)34-20-5-4-19(15-35-9-2-3-10-35)22(13-20)27(28,29)30/h4-7,12-14,16H,2-3,8-11,15H2,1H3,(H,34,38)(H,31,32,33,37). The third kappa shape index (κ3) is 6.28. The van der Waals surface area contributed by atoms with Crippen LogP contribution in [0.3, 0.4) is 0 Å². The summed E-state index contributed by atoms with van der Waals surface area (Å²) in [4.78, 5) is 35.8. The number of fused-ring (bicyclic) bond motifs is 1. The second kappa shape index (κ2) is 10.9. The Labute approximate surface area is 223 Å². The predicted molar refractivity (Wildman–Crippen MR) is 139 cm³/mol. The summed E-state index contributed by atoms with van der Waals surface area (Å²) in [7, 11) is 0. The lowest BCUT2D eigenvalue weighted by Gasteiger charge is -2.21. The molecule has 1 aromatic heterocycles. The van der Waals surface area contributed by atoms with E-state index in [-0.39, 0.29) is 29.6 Å². The number of ether oxygens (including phenoxy) is 1. The third-order valence-electron chi connectivity index (χ3n) is 6.62. The van der Waals surface area contributed by atoms with Gasteiger partial charge in [0.2, 0.25) is 11.8 Å². The van der Waals surface area contributed by atoms with Crippen LogP contribution in [0.4, 0.5) is 35.2 Å². The zero-order valence-electron chi connectivity index (χ0n) is 21.2. The first-order valence-corrected chi connectivity index (χ1v) is 12.6. The smallest absolute Gasteiger partial charge is 0.416 e. The van der Waals surface area contributed by atoms with Gasteiger partial charge in [-0.05, 0) is 73.8 Å². The lowest BCUT2D eigenvalue weighted by Crippen LogP contribution is -2.33. The van der Waals surface area contributed by atoms with E-state index in [0.717, 1.165) is 37.6 Å². The minimum Gasteiger partial charge on any atom is -0.439 e. The molecule has 9 nitrogen and oxygen atoms in total. The number of nitrogens with one attached hydrogen (secondary N) is 2. The van der Waals surface area contributed by atoms with Gasteiger partial charge in [-0.2, -0.15) is 13.2 Å². The molecule has 3 aromatic rings. The highest BCUT2D eigenvalue weighted by molar-refractivity contribution is 6.03. The minimum atomic E-state index is -4.53. The number of carbonyl (C=O) groups is 2. The lowest BCUT2D eigenvalue weighted by molar-refractivity contribution is -0.138. The molecule has 0 aliphatic carbocycles. The van der Waals surface area contributed by atoms with Crippen molar-refractivity contribution in [3.05, 3.63) is 65.5 Å². The summed E-state index contributed by atoms with van der Waals surface area (Å²) in [5.74, 6) is 0.735. The van der Waals surface area contributed by atoms with Crippen molar-refractivity contribution in [2.45, 2.75) is 38.9 Å². The fourth-order valence-corrected chi connectivity index (χ4v) is 4.85. The molecule has 1 fully saturated rings. The monoisotopic (exact) mass is 540 g/mol. The molecule has 5 rings (SSSR count). The molecule has 0 radical (unpaired) electrons. The zero-order chi connectivity index (χ0) is 27.6. The lowest BCUT2D eigenvalue weighted by atomic mass is 10.1. The van der Waals surface area contributed by atoms with Gasteiger partial charge in [0, 0.05) is 37.5 Å². The van der Waals surface area contributed by atoms with Gasteiger partial charge in [0.25, 0.3) is 0 Å². The summed E-state index contributed by atoms with van der Waals surface area (Å²) in [5.41, 5.74) is 1.04. The van der Waals surface area contributed by atoms with Crippen LogP contribution in [0.25, 0.3) is 0 Å². The Hall–Kier alpha value is -4.19. The first kappa shape index (κ1) is 26.4. The van der Waals surface area contributed by atoms with Crippen LogP contribution >= 0.6 is 0 Å². The highest BCUT2D eigenvalue weighted by Gasteiger charge is 2.34. The molecule has 0 bridgehead atoms. The van der Waals surface area contributed by atoms with Gasteiger partial charge < -0.3 is 15.4 Å². The quantitative estimate of drug-likeness (QED) is 0.432. The summed E-state index contributed by atoms with van der Waals surface area (Å²) >= 11 is 0. The van der Waals surface area contributed by atoms with E-state index in [1.165, 1.54) is 36.4 Å². The Morgan fingerprint density at radius 1 is 1.00 bits per heavy atom.